The predicted molar refractivity (Wildman–Crippen MR) is 115 cm³/mol. The number of hydrogen-bond donors (Lipinski definition) is 3. The predicted octanol–water partition coefficient (Wildman–Crippen LogP) is 3.47. The van der Waals surface area contributed by atoms with Crippen molar-refractivity contribution in [1.29, 1.82) is 0 Å². The highest BCUT2D eigenvalue weighted by Crippen LogP contribution is 2.43. The van der Waals surface area contributed by atoms with E-state index in [0.29, 0.717) is 46.5 Å². The molecule has 31 heavy (non-hydrogen) atoms. The SMILES string of the molecule is CNc1ncnc2c1nc(Sc1cc3c(cc1Cl)OCO3)n2CCCCCC(=O)NO. The maximum atomic E-state index is 11.2. The van der Waals surface area contributed by atoms with Crippen molar-refractivity contribution in [3.63, 3.8) is 0 Å². The molecule has 10 nitrogen and oxygen atoms in total. The topological polar surface area (TPSA) is 123 Å². The van der Waals surface area contributed by atoms with Crippen LogP contribution in [-0.4, -0.2) is 44.5 Å². The summed E-state index contributed by atoms with van der Waals surface area (Å²) in [5.74, 6) is 1.53. The van der Waals surface area contributed by atoms with E-state index in [0.717, 1.165) is 22.9 Å². The van der Waals surface area contributed by atoms with Gasteiger partial charge in [-0.25, -0.2) is 20.4 Å². The molecule has 0 bridgehead atoms. The van der Waals surface area contributed by atoms with E-state index < -0.39 is 0 Å². The lowest BCUT2D eigenvalue weighted by molar-refractivity contribution is -0.129. The molecule has 0 spiro atoms. The zero-order valence-electron chi connectivity index (χ0n) is 16.7. The molecule has 3 heterocycles. The van der Waals surface area contributed by atoms with Gasteiger partial charge < -0.3 is 19.4 Å². The summed E-state index contributed by atoms with van der Waals surface area (Å²) in [7, 11) is 1.79. The average molecular weight is 465 g/mol. The molecule has 3 N–H and O–H groups in total. The van der Waals surface area contributed by atoms with Crippen molar-refractivity contribution >= 4 is 46.3 Å². The number of hydrogen-bond acceptors (Lipinski definition) is 9. The lowest BCUT2D eigenvalue weighted by atomic mass is 10.2. The highest BCUT2D eigenvalue weighted by atomic mass is 35.5. The van der Waals surface area contributed by atoms with E-state index in [9.17, 15) is 4.79 Å². The van der Waals surface area contributed by atoms with Gasteiger partial charge >= 0.3 is 0 Å². The summed E-state index contributed by atoms with van der Waals surface area (Å²) in [6.45, 7) is 0.829. The molecule has 1 amide bonds. The van der Waals surface area contributed by atoms with Gasteiger partial charge in [-0.15, -0.1) is 0 Å². The number of nitrogens with one attached hydrogen (secondary N) is 2. The van der Waals surface area contributed by atoms with Crippen LogP contribution in [0.2, 0.25) is 5.02 Å². The Bertz CT molecular complexity index is 1110. The molecular weight excluding hydrogens is 444 g/mol. The number of carbonyl (C=O) groups is 1. The Morgan fingerprint density at radius 3 is 2.84 bits per heavy atom. The second-order valence-corrected chi connectivity index (χ2v) is 8.19. The highest BCUT2D eigenvalue weighted by Gasteiger charge is 2.21. The summed E-state index contributed by atoms with van der Waals surface area (Å²) in [5.41, 5.74) is 3.04. The highest BCUT2D eigenvalue weighted by molar-refractivity contribution is 7.99. The van der Waals surface area contributed by atoms with Crippen molar-refractivity contribution in [2.24, 2.45) is 0 Å². The maximum Gasteiger partial charge on any atom is 0.243 e. The van der Waals surface area contributed by atoms with Crippen molar-refractivity contribution in [1.82, 2.24) is 25.0 Å². The Labute approximate surface area is 187 Å². The van der Waals surface area contributed by atoms with Gasteiger partial charge in [0.1, 0.15) is 6.33 Å². The second-order valence-electron chi connectivity index (χ2n) is 6.77. The summed E-state index contributed by atoms with van der Waals surface area (Å²) in [6.07, 6.45) is 4.07. The van der Waals surface area contributed by atoms with Gasteiger partial charge in [-0.05, 0) is 30.7 Å². The van der Waals surface area contributed by atoms with Crippen LogP contribution in [0.15, 0.2) is 28.5 Å². The first-order valence-electron chi connectivity index (χ1n) is 9.69. The Hall–Kier alpha value is -2.76. The van der Waals surface area contributed by atoms with Crippen LogP contribution in [0.5, 0.6) is 11.5 Å². The van der Waals surface area contributed by atoms with Gasteiger partial charge in [0.05, 0.1) is 5.02 Å². The van der Waals surface area contributed by atoms with Crippen LogP contribution in [0.25, 0.3) is 11.2 Å². The Balaban J connectivity index is 1.60. The number of fused-ring (bicyclic) bond motifs is 2. The van der Waals surface area contributed by atoms with Gasteiger partial charge in [0.25, 0.3) is 0 Å². The number of imidazole rings is 1. The van der Waals surface area contributed by atoms with E-state index in [2.05, 4.69) is 15.3 Å². The fraction of sp³-hybridized carbons (Fsp3) is 0.368. The summed E-state index contributed by atoms with van der Waals surface area (Å²) in [4.78, 5) is 25.4. The van der Waals surface area contributed by atoms with Gasteiger partial charge in [0.15, 0.2) is 33.6 Å². The number of carbonyl (C=O) groups excluding carboxylic acids is 1. The fourth-order valence-corrected chi connectivity index (χ4v) is 4.46. The molecule has 0 saturated heterocycles. The van der Waals surface area contributed by atoms with Crippen LogP contribution in [0.4, 0.5) is 5.82 Å². The van der Waals surface area contributed by atoms with Crippen molar-refractivity contribution < 1.29 is 19.5 Å². The Morgan fingerprint density at radius 1 is 1.26 bits per heavy atom. The third-order valence-electron chi connectivity index (χ3n) is 4.77. The van der Waals surface area contributed by atoms with Crippen LogP contribution >= 0.6 is 23.4 Å². The molecular formula is C19H21ClN6O4S. The third kappa shape index (κ3) is 4.63. The van der Waals surface area contributed by atoms with E-state index in [1.807, 2.05) is 10.6 Å². The van der Waals surface area contributed by atoms with E-state index in [1.54, 1.807) is 18.6 Å². The van der Waals surface area contributed by atoms with Gasteiger partial charge in [0.2, 0.25) is 12.7 Å². The molecule has 0 unspecified atom stereocenters. The van der Waals surface area contributed by atoms with Crippen LogP contribution in [0.3, 0.4) is 0 Å². The number of aryl methyl sites for hydroxylation is 1. The van der Waals surface area contributed by atoms with Gasteiger partial charge in [0, 0.05) is 31.0 Å². The number of anilines is 1. The first-order chi connectivity index (χ1) is 15.1. The van der Waals surface area contributed by atoms with E-state index in [1.165, 1.54) is 18.1 Å². The number of nitrogens with zero attached hydrogens (tertiary/aromatic N) is 4. The monoisotopic (exact) mass is 464 g/mol. The lowest BCUT2D eigenvalue weighted by Gasteiger charge is -2.10. The molecule has 0 saturated carbocycles. The number of unbranched alkanes of at least 4 members (excludes halogenated alkanes) is 2. The van der Waals surface area contributed by atoms with Crippen molar-refractivity contribution in [2.75, 3.05) is 19.2 Å². The fourth-order valence-electron chi connectivity index (χ4n) is 3.24. The molecule has 0 fully saturated rings. The minimum Gasteiger partial charge on any atom is -0.454 e. The summed E-state index contributed by atoms with van der Waals surface area (Å²) >= 11 is 7.88. The number of hydroxylamine groups is 1. The normalized spacial score (nSPS) is 12.4. The van der Waals surface area contributed by atoms with Gasteiger partial charge in [-0.2, -0.15) is 0 Å². The molecule has 2 aromatic heterocycles. The molecule has 164 valence electrons. The van der Waals surface area contributed by atoms with Crippen molar-refractivity contribution in [3.05, 3.63) is 23.5 Å². The molecule has 1 aromatic carbocycles. The van der Waals surface area contributed by atoms with Crippen LogP contribution in [0.1, 0.15) is 25.7 Å². The van der Waals surface area contributed by atoms with Crippen molar-refractivity contribution in [3.8, 4) is 11.5 Å². The van der Waals surface area contributed by atoms with E-state index in [-0.39, 0.29) is 19.1 Å². The largest absolute Gasteiger partial charge is 0.454 e. The molecule has 0 aliphatic carbocycles. The standard InChI is InChI=1S/C19H21ClN6O4S/c1-21-17-16-18(23-9-22-17)26(6-4-2-3-5-15(27)25-28)19(24-16)31-14-8-13-12(7-11(14)20)29-10-30-13/h7-9,28H,2-6,10H2,1H3,(H,25,27)(H,21,22,23). The molecule has 0 radical (unpaired) electrons. The minimum absolute atomic E-state index is 0.174. The number of aromatic nitrogens is 4. The quantitative estimate of drug-likeness (QED) is 0.248. The molecule has 4 rings (SSSR count). The third-order valence-corrected chi connectivity index (χ3v) is 6.25. The summed E-state index contributed by atoms with van der Waals surface area (Å²) in [6, 6.07) is 3.58. The number of ether oxygens (including phenoxy) is 2. The smallest absolute Gasteiger partial charge is 0.243 e. The molecule has 1 aliphatic rings. The van der Waals surface area contributed by atoms with E-state index in [4.69, 9.17) is 31.3 Å². The van der Waals surface area contributed by atoms with Crippen LogP contribution in [-0.2, 0) is 11.3 Å². The molecule has 3 aromatic rings. The van der Waals surface area contributed by atoms with E-state index >= 15 is 0 Å². The van der Waals surface area contributed by atoms with Gasteiger partial charge in [-0.1, -0.05) is 18.0 Å². The number of benzene rings is 1. The number of rotatable bonds is 9. The Morgan fingerprint density at radius 2 is 2.06 bits per heavy atom. The molecule has 12 heteroatoms. The minimum atomic E-state index is -0.381. The average Bonchev–Trinajstić information content (AvgIpc) is 3.37. The first kappa shape index (κ1) is 21.5. The summed E-state index contributed by atoms with van der Waals surface area (Å²) in [5, 5.41) is 12.9. The zero-order valence-corrected chi connectivity index (χ0v) is 18.3. The number of amides is 1. The first-order valence-corrected chi connectivity index (χ1v) is 10.9. The zero-order chi connectivity index (χ0) is 21.8. The summed E-state index contributed by atoms with van der Waals surface area (Å²) < 4.78 is 12.9. The second kappa shape index (κ2) is 9.58. The van der Waals surface area contributed by atoms with Gasteiger partial charge in [-0.3, -0.25) is 10.0 Å². The van der Waals surface area contributed by atoms with Crippen LogP contribution < -0.4 is 20.3 Å². The Kier molecular flexibility index (Phi) is 6.64. The van der Waals surface area contributed by atoms with Crippen molar-refractivity contribution in [2.45, 2.75) is 42.3 Å². The lowest BCUT2D eigenvalue weighted by Crippen LogP contribution is -2.17. The molecule has 0 atom stereocenters. The molecule has 1 aliphatic heterocycles. The maximum absolute atomic E-state index is 11.2. The van der Waals surface area contributed by atoms with Crippen LogP contribution in [0, 0.1) is 0 Å². The number of halogens is 1.